The zero-order valence-electron chi connectivity index (χ0n) is 11.5. The molecule has 8 heteroatoms. The summed E-state index contributed by atoms with van der Waals surface area (Å²) in [6.45, 7) is 2.09. The fourth-order valence-corrected chi connectivity index (χ4v) is 3.08. The maximum atomic E-state index is 12.4. The zero-order chi connectivity index (χ0) is 15.4. The summed E-state index contributed by atoms with van der Waals surface area (Å²) in [5.74, 6) is 0.966. The molecule has 0 unspecified atom stereocenters. The van der Waals surface area contributed by atoms with E-state index in [1.54, 1.807) is 12.1 Å². The normalized spacial score (nSPS) is 14.1. The Morgan fingerprint density at radius 1 is 1.38 bits per heavy atom. The van der Waals surface area contributed by atoms with E-state index in [9.17, 15) is 4.21 Å². The molecule has 0 saturated carbocycles. The highest BCUT2D eigenvalue weighted by atomic mass is 35.5. The van der Waals surface area contributed by atoms with Crippen LogP contribution in [0.15, 0.2) is 22.7 Å². The van der Waals surface area contributed by atoms with Crippen molar-refractivity contribution in [3.63, 3.8) is 0 Å². The average Bonchev–Trinajstić information content (AvgIpc) is 2.88. The monoisotopic (exact) mass is 348 g/mol. The number of hydrogen-bond acceptors (Lipinski definition) is 5. The van der Waals surface area contributed by atoms with Crippen LogP contribution in [0.2, 0.25) is 10.0 Å². The lowest BCUT2D eigenvalue weighted by molar-refractivity contribution is 0.151. The van der Waals surface area contributed by atoms with E-state index >= 15 is 0 Å². The maximum absolute atomic E-state index is 12.4. The van der Waals surface area contributed by atoms with Crippen molar-refractivity contribution >= 4 is 34.0 Å². The molecule has 0 N–H and O–H groups in total. The third-order valence-electron chi connectivity index (χ3n) is 2.86. The highest BCUT2D eigenvalue weighted by molar-refractivity contribution is 7.84. The van der Waals surface area contributed by atoms with Gasteiger partial charge in [-0.3, -0.25) is 4.21 Å². The van der Waals surface area contributed by atoms with Crippen LogP contribution in [0.1, 0.15) is 29.5 Å². The minimum absolute atomic E-state index is 0.203. The smallest absolute Gasteiger partial charge is 0.252 e. The lowest BCUT2D eigenvalue weighted by Gasteiger charge is -2.11. The molecule has 0 aliphatic carbocycles. The summed E-state index contributed by atoms with van der Waals surface area (Å²) in [4.78, 5) is 4.10. The number of aromatic nitrogens is 2. The van der Waals surface area contributed by atoms with Crippen LogP contribution in [0.5, 0.6) is 0 Å². The molecule has 2 atom stereocenters. The van der Waals surface area contributed by atoms with E-state index in [-0.39, 0.29) is 17.6 Å². The van der Waals surface area contributed by atoms with Gasteiger partial charge in [-0.2, -0.15) is 4.98 Å². The van der Waals surface area contributed by atoms with Gasteiger partial charge in [0.05, 0.1) is 21.0 Å². The molecule has 0 aliphatic rings. The lowest BCUT2D eigenvalue weighted by Crippen LogP contribution is -2.06. The Morgan fingerprint density at radius 3 is 2.81 bits per heavy atom. The van der Waals surface area contributed by atoms with Crippen molar-refractivity contribution in [3.05, 3.63) is 45.5 Å². The quantitative estimate of drug-likeness (QED) is 0.798. The minimum atomic E-state index is -1.20. The largest absolute Gasteiger partial charge is 0.375 e. The molecular formula is C13H14Cl2N2O3S. The van der Waals surface area contributed by atoms with Crippen molar-refractivity contribution < 1.29 is 13.5 Å². The van der Waals surface area contributed by atoms with Gasteiger partial charge >= 0.3 is 0 Å². The fourth-order valence-electron chi connectivity index (χ4n) is 1.70. The van der Waals surface area contributed by atoms with Gasteiger partial charge < -0.3 is 9.26 Å². The molecule has 2 aromatic rings. The second-order valence-corrected chi connectivity index (χ2v) is 6.95. The maximum Gasteiger partial charge on any atom is 0.252 e. The molecule has 0 fully saturated rings. The SMILES string of the molecule is COCc1nc(C[S@](=O)[C@@H](C)c2ccc(Cl)c(Cl)c2)no1. The topological polar surface area (TPSA) is 65.2 Å². The van der Waals surface area contributed by atoms with Crippen LogP contribution < -0.4 is 0 Å². The van der Waals surface area contributed by atoms with Gasteiger partial charge in [-0.05, 0) is 24.6 Å². The van der Waals surface area contributed by atoms with Crippen molar-refractivity contribution in [2.24, 2.45) is 0 Å². The lowest BCUT2D eigenvalue weighted by atomic mass is 10.2. The van der Waals surface area contributed by atoms with Gasteiger partial charge in [0.25, 0.3) is 5.89 Å². The van der Waals surface area contributed by atoms with Gasteiger partial charge in [-0.25, -0.2) is 0 Å². The molecule has 114 valence electrons. The Kier molecular flexibility index (Phi) is 5.75. The molecule has 1 aromatic heterocycles. The summed E-state index contributed by atoms with van der Waals surface area (Å²) in [6, 6.07) is 5.22. The van der Waals surface area contributed by atoms with Crippen LogP contribution in [0.25, 0.3) is 0 Å². The molecule has 21 heavy (non-hydrogen) atoms. The first-order chi connectivity index (χ1) is 10.0. The molecule has 0 radical (unpaired) electrons. The Labute approximate surface area is 135 Å². The zero-order valence-corrected chi connectivity index (χ0v) is 13.8. The van der Waals surface area contributed by atoms with Gasteiger partial charge in [-0.1, -0.05) is 34.4 Å². The Balaban J connectivity index is 2.06. The van der Waals surface area contributed by atoms with Gasteiger partial charge in [0.15, 0.2) is 5.82 Å². The number of halogens is 2. The van der Waals surface area contributed by atoms with Crippen molar-refractivity contribution in [2.45, 2.75) is 24.5 Å². The molecule has 2 rings (SSSR count). The number of rotatable bonds is 6. The number of ether oxygens (including phenoxy) is 1. The second-order valence-electron chi connectivity index (χ2n) is 4.38. The highest BCUT2D eigenvalue weighted by Crippen LogP contribution is 2.28. The average molecular weight is 349 g/mol. The Hall–Kier alpha value is -0.950. The predicted octanol–water partition coefficient (Wildman–Crippen LogP) is 3.53. The summed E-state index contributed by atoms with van der Waals surface area (Å²) in [5.41, 5.74) is 0.850. The standard InChI is InChI=1S/C13H14Cl2N2O3S/c1-8(9-3-4-10(14)11(15)5-9)21(18)7-12-16-13(6-19-2)20-17-12/h3-5,8H,6-7H2,1-2H3/t8-,21-/m0/s1. The van der Waals surface area contributed by atoms with Crippen molar-refractivity contribution in [1.82, 2.24) is 10.1 Å². The van der Waals surface area contributed by atoms with Crippen LogP contribution in [0.4, 0.5) is 0 Å². The van der Waals surface area contributed by atoms with Crippen LogP contribution >= 0.6 is 23.2 Å². The van der Waals surface area contributed by atoms with E-state index in [0.717, 1.165) is 5.56 Å². The summed E-state index contributed by atoms with van der Waals surface area (Å²) in [6.07, 6.45) is 0. The van der Waals surface area contributed by atoms with Crippen molar-refractivity contribution in [2.75, 3.05) is 7.11 Å². The van der Waals surface area contributed by atoms with E-state index in [4.69, 9.17) is 32.5 Å². The van der Waals surface area contributed by atoms with E-state index in [1.807, 2.05) is 13.0 Å². The first kappa shape index (κ1) is 16.4. The third kappa shape index (κ3) is 4.26. The summed E-state index contributed by atoms with van der Waals surface area (Å²) < 4.78 is 22.2. The summed E-state index contributed by atoms with van der Waals surface area (Å²) >= 11 is 11.9. The molecule has 1 aromatic carbocycles. The molecule has 0 aliphatic heterocycles. The summed E-state index contributed by atoms with van der Waals surface area (Å²) in [7, 11) is 0.336. The van der Waals surface area contributed by atoms with Crippen molar-refractivity contribution in [3.8, 4) is 0 Å². The van der Waals surface area contributed by atoms with E-state index in [2.05, 4.69) is 10.1 Å². The molecule has 0 spiro atoms. The predicted molar refractivity (Wildman–Crippen MR) is 81.7 cm³/mol. The van der Waals surface area contributed by atoms with Crippen LogP contribution in [0, 0.1) is 0 Å². The number of hydrogen-bond donors (Lipinski definition) is 0. The molecular weight excluding hydrogens is 335 g/mol. The number of nitrogens with zero attached hydrogens (tertiary/aromatic N) is 2. The van der Waals surface area contributed by atoms with Crippen LogP contribution in [-0.2, 0) is 27.9 Å². The van der Waals surface area contributed by atoms with Gasteiger partial charge in [0, 0.05) is 17.9 Å². The molecule has 1 heterocycles. The summed E-state index contributed by atoms with van der Waals surface area (Å²) in [5, 5.41) is 4.48. The number of methoxy groups -OCH3 is 1. The molecule has 0 bridgehead atoms. The Bertz CT molecular complexity index is 648. The van der Waals surface area contributed by atoms with Crippen LogP contribution in [0.3, 0.4) is 0 Å². The third-order valence-corrected chi connectivity index (χ3v) is 5.20. The number of benzene rings is 1. The Morgan fingerprint density at radius 2 is 2.14 bits per heavy atom. The van der Waals surface area contributed by atoms with Gasteiger partial charge in [0.1, 0.15) is 6.61 Å². The first-order valence-corrected chi connectivity index (χ1v) is 8.27. The fraction of sp³-hybridized carbons (Fsp3) is 0.385. The molecule has 0 amide bonds. The van der Waals surface area contributed by atoms with E-state index in [1.165, 1.54) is 7.11 Å². The van der Waals surface area contributed by atoms with Gasteiger partial charge in [0.2, 0.25) is 0 Å². The molecule has 0 saturated heterocycles. The minimum Gasteiger partial charge on any atom is -0.375 e. The first-order valence-electron chi connectivity index (χ1n) is 6.13. The second kappa shape index (κ2) is 7.35. The highest BCUT2D eigenvalue weighted by Gasteiger charge is 2.18. The molecule has 5 nitrogen and oxygen atoms in total. The van der Waals surface area contributed by atoms with E-state index < -0.39 is 10.8 Å². The van der Waals surface area contributed by atoms with Crippen LogP contribution in [-0.4, -0.2) is 21.5 Å². The van der Waals surface area contributed by atoms with Crippen molar-refractivity contribution in [1.29, 1.82) is 0 Å². The van der Waals surface area contributed by atoms with Gasteiger partial charge in [-0.15, -0.1) is 0 Å². The van der Waals surface area contributed by atoms with E-state index in [0.29, 0.717) is 21.8 Å².